The lowest BCUT2D eigenvalue weighted by Gasteiger charge is -2.17. The van der Waals surface area contributed by atoms with E-state index in [1.165, 1.54) is 24.2 Å². The molecule has 0 spiro atoms. The summed E-state index contributed by atoms with van der Waals surface area (Å²) in [5, 5.41) is 13.8. The second-order valence-electron chi connectivity index (χ2n) is 4.35. The van der Waals surface area contributed by atoms with E-state index < -0.39 is 12.0 Å². The minimum Gasteiger partial charge on any atom is -0.481 e. The van der Waals surface area contributed by atoms with Crippen molar-refractivity contribution in [1.82, 2.24) is 15.2 Å². The van der Waals surface area contributed by atoms with Gasteiger partial charge >= 0.3 is 12.0 Å². The summed E-state index contributed by atoms with van der Waals surface area (Å²) in [7, 11) is 1.50. The molecule has 0 aliphatic rings. The van der Waals surface area contributed by atoms with Crippen LogP contribution in [0.5, 0.6) is 0 Å². The highest BCUT2D eigenvalue weighted by atomic mass is 16.4. The molecule has 0 saturated carbocycles. The number of carbonyl (C=O) groups is 3. The molecular weight excluding hydrogens is 276 g/mol. The van der Waals surface area contributed by atoms with E-state index in [2.05, 4.69) is 15.6 Å². The number of rotatable bonds is 6. The van der Waals surface area contributed by atoms with Gasteiger partial charge in [0.1, 0.15) is 6.54 Å². The largest absolute Gasteiger partial charge is 0.481 e. The number of nitrogens with one attached hydrogen (secondary N) is 2. The number of hydrogen-bond acceptors (Lipinski definition) is 4. The highest BCUT2D eigenvalue weighted by Crippen LogP contribution is 2.07. The van der Waals surface area contributed by atoms with Gasteiger partial charge < -0.3 is 20.6 Å². The van der Waals surface area contributed by atoms with Crippen molar-refractivity contribution in [3.63, 3.8) is 0 Å². The first-order valence-corrected chi connectivity index (χ1v) is 6.38. The van der Waals surface area contributed by atoms with Crippen LogP contribution in [-0.2, 0) is 16.0 Å². The summed E-state index contributed by atoms with van der Waals surface area (Å²) in [4.78, 5) is 38.9. The van der Waals surface area contributed by atoms with E-state index in [9.17, 15) is 14.4 Å². The maximum atomic E-state index is 11.8. The monoisotopic (exact) mass is 294 g/mol. The third kappa shape index (κ3) is 5.89. The molecule has 0 atom stereocenters. The summed E-state index contributed by atoms with van der Waals surface area (Å²) in [6, 6.07) is 2.63. The molecule has 21 heavy (non-hydrogen) atoms. The number of carbonyl (C=O) groups excluding carboxylic acids is 2. The molecule has 0 aliphatic heterocycles. The Kier molecular flexibility index (Phi) is 6.12. The molecule has 0 fully saturated rings. The number of aliphatic carboxylic acids is 1. The quantitative estimate of drug-likeness (QED) is 0.699. The van der Waals surface area contributed by atoms with E-state index in [-0.39, 0.29) is 18.9 Å². The second kappa shape index (κ2) is 7.83. The second-order valence-corrected chi connectivity index (χ2v) is 4.35. The van der Waals surface area contributed by atoms with E-state index in [0.29, 0.717) is 17.9 Å². The highest BCUT2D eigenvalue weighted by molar-refractivity contribution is 5.92. The lowest BCUT2D eigenvalue weighted by Crippen LogP contribution is -2.40. The Morgan fingerprint density at radius 3 is 2.57 bits per heavy atom. The number of anilines is 1. The number of aromatic nitrogens is 1. The Morgan fingerprint density at radius 2 is 2.05 bits per heavy atom. The van der Waals surface area contributed by atoms with Crippen molar-refractivity contribution >= 4 is 23.6 Å². The van der Waals surface area contributed by atoms with Crippen molar-refractivity contribution in [2.75, 3.05) is 25.5 Å². The van der Waals surface area contributed by atoms with Crippen LogP contribution in [0.15, 0.2) is 18.3 Å². The topological polar surface area (TPSA) is 112 Å². The summed E-state index contributed by atoms with van der Waals surface area (Å²) < 4.78 is 0. The summed E-state index contributed by atoms with van der Waals surface area (Å²) in [6.45, 7) is 2.25. The van der Waals surface area contributed by atoms with E-state index in [4.69, 9.17) is 5.11 Å². The number of nitrogens with zero attached hydrogens (tertiary/aromatic N) is 2. The van der Waals surface area contributed by atoms with Crippen LogP contribution in [0.2, 0.25) is 0 Å². The summed E-state index contributed by atoms with van der Waals surface area (Å²) in [5.41, 5.74) is 0.827. The maximum absolute atomic E-state index is 11.8. The number of pyridine rings is 1. The van der Waals surface area contributed by atoms with Gasteiger partial charge in [0, 0.05) is 13.6 Å². The smallest absolute Gasteiger partial charge is 0.322 e. The van der Waals surface area contributed by atoms with Gasteiger partial charge in [-0.1, -0.05) is 0 Å². The number of carboxylic acids is 1. The van der Waals surface area contributed by atoms with E-state index in [1.54, 1.807) is 13.0 Å². The van der Waals surface area contributed by atoms with Gasteiger partial charge in [0.05, 0.1) is 24.0 Å². The normalized spacial score (nSPS) is 9.81. The SMILES string of the molecule is CCNC(=O)CN(C)C(=O)Nc1ccc(CC(=O)O)nc1. The Hall–Kier alpha value is -2.64. The molecule has 1 aromatic heterocycles. The molecule has 0 saturated heterocycles. The molecule has 0 radical (unpaired) electrons. The van der Waals surface area contributed by atoms with Gasteiger partial charge in [-0.15, -0.1) is 0 Å². The van der Waals surface area contributed by atoms with Crippen molar-refractivity contribution < 1.29 is 19.5 Å². The number of amides is 3. The lowest BCUT2D eigenvalue weighted by atomic mass is 10.2. The molecule has 0 aromatic carbocycles. The van der Waals surface area contributed by atoms with Crippen molar-refractivity contribution in [1.29, 1.82) is 0 Å². The van der Waals surface area contributed by atoms with E-state index in [1.807, 2.05) is 0 Å². The van der Waals surface area contributed by atoms with Crippen LogP contribution in [0.25, 0.3) is 0 Å². The van der Waals surface area contributed by atoms with Crippen LogP contribution >= 0.6 is 0 Å². The molecule has 1 rings (SSSR count). The van der Waals surface area contributed by atoms with Crippen molar-refractivity contribution in [3.05, 3.63) is 24.0 Å². The van der Waals surface area contributed by atoms with Crippen LogP contribution in [-0.4, -0.2) is 53.0 Å². The number of hydrogen-bond donors (Lipinski definition) is 3. The van der Waals surface area contributed by atoms with Gasteiger partial charge in [-0.05, 0) is 19.1 Å². The van der Waals surface area contributed by atoms with Gasteiger partial charge in [-0.2, -0.15) is 0 Å². The zero-order valence-corrected chi connectivity index (χ0v) is 11.9. The van der Waals surface area contributed by atoms with Gasteiger partial charge in [0.2, 0.25) is 5.91 Å². The molecule has 8 heteroatoms. The van der Waals surface area contributed by atoms with Crippen LogP contribution in [0, 0.1) is 0 Å². The van der Waals surface area contributed by atoms with Crippen LogP contribution in [0.1, 0.15) is 12.6 Å². The highest BCUT2D eigenvalue weighted by Gasteiger charge is 2.12. The van der Waals surface area contributed by atoms with Crippen LogP contribution in [0.3, 0.4) is 0 Å². The molecular formula is C13H18N4O4. The summed E-state index contributed by atoms with van der Waals surface area (Å²) in [5.74, 6) is -1.22. The van der Waals surface area contributed by atoms with Gasteiger partial charge in [0.15, 0.2) is 0 Å². The van der Waals surface area contributed by atoms with Gasteiger partial charge in [-0.25, -0.2) is 4.79 Å². The molecule has 0 aliphatic carbocycles. The Balaban J connectivity index is 2.54. The molecule has 3 amide bonds. The first-order chi connectivity index (χ1) is 9.92. The standard InChI is InChI=1S/C13H18N4O4/c1-3-14-11(18)8-17(2)13(21)16-10-5-4-9(15-7-10)6-12(19)20/h4-5,7H,3,6,8H2,1-2H3,(H,14,18)(H,16,21)(H,19,20). The first-order valence-electron chi connectivity index (χ1n) is 6.38. The molecule has 0 unspecified atom stereocenters. The number of likely N-dealkylation sites (N-methyl/N-ethyl adjacent to an activating group) is 2. The zero-order valence-electron chi connectivity index (χ0n) is 11.9. The maximum Gasteiger partial charge on any atom is 0.322 e. The molecule has 1 aromatic rings. The molecule has 8 nitrogen and oxygen atoms in total. The number of carboxylic acid groups (broad SMARTS) is 1. The summed E-state index contributed by atoms with van der Waals surface area (Å²) >= 11 is 0. The zero-order chi connectivity index (χ0) is 15.8. The van der Waals surface area contributed by atoms with E-state index >= 15 is 0 Å². The molecule has 1 heterocycles. The molecule has 0 bridgehead atoms. The van der Waals surface area contributed by atoms with Crippen LogP contribution < -0.4 is 10.6 Å². The Bertz CT molecular complexity index is 515. The fraction of sp³-hybridized carbons (Fsp3) is 0.385. The lowest BCUT2D eigenvalue weighted by molar-refractivity contribution is -0.136. The minimum absolute atomic E-state index is 0.0514. The van der Waals surface area contributed by atoms with Gasteiger partial charge in [0.25, 0.3) is 0 Å². The van der Waals surface area contributed by atoms with Crippen molar-refractivity contribution in [3.8, 4) is 0 Å². The average molecular weight is 294 g/mol. The number of urea groups is 1. The first kappa shape index (κ1) is 16.4. The summed E-state index contributed by atoms with van der Waals surface area (Å²) in [6.07, 6.45) is 1.20. The van der Waals surface area contributed by atoms with Crippen molar-refractivity contribution in [2.24, 2.45) is 0 Å². The Labute approximate surface area is 122 Å². The predicted molar refractivity (Wildman–Crippen MR) is 75.9 cm³/mol. The average Bonchev–Trinajstić information content (AvgIpc) is 2.40. The fourth-order valence-corrected chi connectivity index (χ4v) is 1.52. The van der Waals surface area contributed by atoms with Gasteiger partial charge in [-0.3, -0.25) is 14.6 Å². The fourth-order valence-electron chi connectivity index (χ4n) is 1.52. The van der Waals surface area contributed by atoms with Crippen molar-refractivity contribution in [2.45, 2.75) is 13.3 Å². The third-order valence-corrected chi connectivity index (χ3v) is 2.51. The van der Waals surface area contributed by atoms with E-state index in [0.717, 1.165) is 0 Å². The third-order valence-electron chi connectivity index (χ3n) is 2.51. The molecule has 3 N–H and O–H groups in total. The minimum atomic E-state index is -0.971. The Morgan fingerprint density at radius 1 is 1.33 bits per heavy atom. The molecule has 114 valence electrons. The van der Waals surface area contributed by atoms with Crippen LogP contribution in [0.4, 0.5) is 10.5 Å². The predicted octanol–water partition coefficient (Wildman–Crippen LogP) is 0.309.